The normalized spacial score (nSPS) is 10.4. The Balaban J connectivity index is 2.21. The van der Waals surface area contributed by atoms with Gasteiger partial charge in [0, 0.05) is 20.9 Å². The fourth-order valence-electron chi connectivity index (χ4n) is 1.96. The zero-order valence-corrected chi connectivity index (χ0v) is 14.6. The first-order chi connectivity index (χ1) is 9.65. The van der Waals surface area contributed by atoms with E-state index in [1.54, 1.807) is 7.11 Å². The molecule has 0 aliphatic heterocycles. The first-order valence-corrected chi connectivity index (χ1v) is 8.17. The molecule has 0 bridgehead atoms. The quantitative estimate of drug-likeness (QED) is 0.640. The van der Waals surface area contributed by atoms with Gasteiger partial charge >= 0.3 is 0 Å². The van der Waals surface area contributed by atoms with Gasteiger partial charge in [0.05, 0.1) is 7.11 Å². The predicted octanol–water partition coefficient (Wildman–Crippen LogP) is 5.24. The second-order valence-corrected chi connectivity index (χ2v) is 5.86. The van der Waals surface area contributed by atoms with Crippen LogP contribution in [-0.4, -0.2) is 7.11 Å². The van der Waals surface area contributed by atoms with Gasteiger partial charge < -0.3 is 9.47 Å². The summed E-state index contributed by atoms with van der Waals surface area (Å²) in [5, 5.41) is 0.781. The zero-order valence-electron chi connectivity index (χ0n) is 11.5. The molecule has 0 unspecified atom stereocenters. The lowest BCUT2D eigenvalue weighted by Crippen LogP contribution is -2.01. The van der Waals surface area contributed by atoms with Crippen LogP contribution in [0.3, 0.4) is 0 Å². The third-order valence-electron chi connectivity index (χ3n) is 3.06. The molecule has 0 amide bonds. The van der Waals surface area contributed by atoms with Crippen LogP contribution >= 0.6 is 31.9 Å². The largest absolute Gasteiger partial charge is 0.497 e. The number of alkyl halides is 1. The van der Waals surface area contributed by atoms with Crippen LogP contribution in [0.2, 0.25) is 0 Å². The summed E-state index contributed by atoms with van der Waals surface area (Å²) < 4.78 is 12.3. The number of methoxy groups -OCH3 is 1. The summed E-state index contributed by atoms with van der Waals surface area (Å²) in [5.74, 6) is 1.77. The molecule has 2 nitrogen and oxygen atoms in total. The summed E-state index contributed by atoms with van der Waals surface area (Å²) in [6.45, 7) is 2.56. The summed E-state index contributed by atoms with van der Waals surface area (Å²) in [7, 11) is 1.66. The van der Waals surface area contributed by atoms with E-state index in [9.17, 15) is 0 Å². The van der Waals surface area contributed by atoms with Crippen LogP contribution in [0, 0.1) is 6.92 Å². The van der Waals surface area contributed by atoms with Gasteiger partial charge in [-0.15, -0.1) is 0 Å². The van der Waals surface area contributed by atoms with Crippen molar-refractivity contribution in [1.29, 1.82) is 0 Å². The molecule has 20 heavy (non-hydrogen) atoms. The third-order valence-corrected chi connectivity index (χ3v) is 4.44. The fourth-order valence-corrected chi connectivity index (χ4v) is 2.77. The van der Waals surface area contributed by atoms with Gasteiger partial charge in [-0.1, -0.05) is 50.1 Å². The molecule has 0 spiro atoms. The Labute approximate surface area is 136 Å². The average Bonchev–Trinajstić information content (AvgIpc) is 2.47. The molecule has 2 rings (SSSR count). The van der Waals surface area contributed by atoms with Crippen molar-refractivity contribution in [3.05, 3.63) is 57.6 Å². The van der Waals surface area contributed by atoms with Gasteiger partial charge in [-0.25, -0.2) is 0 Å². The van der Waals surface area contributed by atoms with Gasteiger partial charge in [-0.2, -0.15) is 0 Å². The molecule has 2 aromatic carbocycles. The van der Waals surface area contributed by atoms with Crippen molar-refractivity contribution >= 4 is 31.9 Å². The molecular formula is C16H16Br2O2. The first kappa shape index (κ1) is 15.4. The summed E-state index contributed by atoms with van der Waals surface area (Å²) in [4.78, 5) is 0. The number of ether oxygens (including phenoxy) is 2. The third kappa shape index (κ3) is 3.55. The van der Waals surface area contributed by atoms with Gasteiger partial charge in [0.2, 0.25) is 0 Å². The second-order valence-electron chi connectivity index (χ2n) is 4.44. The molecule has 0 aliphatic carbocycles. The summed E-state index contributed by atoms with van der Waals surface area (Å²) in [6.07, 6.45) is 0. The van der Waals surface area contributed by atoms with E-state index in [1.165, 1.54) is 0 Å². The van der Waals surface area contributed by atoms with E-state index in [1.807, 2.05) is 24.3 Å². The Bertz CT molecular complexity index is 597. The van der Waals surface area contributed by atoms with E-state index >= 15 is 0 Å². The van der Waals surface area contributed by atoms with Crippen molar-refractivity contribution < 1.29 is 9.47 Å². The second kappa shape index (κ2) is 7.14. The molecule has 0 fully saturated rings. The number of hydrogen-bond acceptors (Lipinski definition) is 2. The van der Waals surface area contributed by atoms with Crippen molar-refractivity contribution in [2.45, 2.75) is 18.9 Å². The van der Waals surface area contributed by atoms with Crippen molar-refractivity contribution in [3.63, 3.8) is 0 Å². The molecule has 0 radical (unpaired) electrons. The van der Waals surface area contributed by atoms with Crippen LogP contribution in [0.4, 0.5) is 0 Å². The fraction of sp³-hybridized carbons (Fsp3) is 0.250. The highest BCUT2D eigenvalue weighted by Gasteiger charge is 2.08. The number of rotatable bonds is 5. The lowest BCUT2D eigenvalue weighted by Gasteiger charge is -2.14. The maximum absolute atomic E-state index is 6.01. The van der Waals surface area contributed by atoms with E-state index < -0.39 is 0 Å². The van der Waals surface area contributed by atoms with Crippen LogP contribution in [0.15, 0.2) is 40.9 Å². The van der Waals surface area contributed by atoms with Gasteiger partial charge in [-0.05, 0) is 30.7 Å². The zero-order chi connectivity index (χ0) is 14.5. The van der Waals surface area contributed by atoms with E-state index in [4.69, 9.17) is 9.47 Å². The Morgan fingerprint density at radius 2 is 1.90 bits per heavy atom. The average molecular weight is 400 g/mol. The maximum atomic E-state index is 6.01. The van der Waals surface area contributed by atoms with Crippen molar-refractivity contribution in [3.8, 4) is 11.5 Å². The molecule has 4 heteroatoms. The molecule has 2 aromatic rings. The minimum absolute atomic E-state index is 0.503. The highest BCUT2D eigenvalue weighted by atomic mass is 79.9. The highest BCUT2D eigenvalue weighted by molar-refractivity contribution is 9.10. The molecule has 0 saturated heterocycles. The van der Waals surface area contributed by atoms with Crippen LogP contribution in [0.1, 0.15) is 16.7 Å². The molecule has 0 aliphatic rings. The summed E-state index contributed by atoms with van der Waals surface area (Å²) in [6, 6.07) is 12.0. The summed E-state index contributed by atoms with van der Waals surface area (Å²) >= 11 is 7.04. The van der Waals surface area contributed by atoms with Gasteiger partial charge in [0.15, 0.2) is 0 Å². The molecule has 0 heterocycles. The molecule has 0 aromatic heterocycles. The van der Waals surface area contributed by atoms with E-state index in [0.717, 1.165) is 38.0 Å². The SMILES string of the molecule is COc1ccc(Br)c(COc2c(C)cccc2CBr)c1. The Morgan fingerprint density at radius 1 is 1.10 bits per heavy atom. The number of halogens is 2. The Kier molecular flexibility index (Phi) is 5.49. The number of hydrogen-bond donors (Lipinski definition) is 0. The smallest absolute Gasteiger partial charge is 0.126 e. The maximum Gasteiger partial charge on any atom is 0.126 e. The molecule has 106 valence electrons. The topological polar surface area (TPSA) is 18.5 Å². The monoisotopic (exact) mass is 398 g/mol. The van der Waals surface area contributed by atoms with Crippen LogP contribution in [0.25, 0.3) is 0 Å². The summed E-state index contributed by atoms with van der Waals surface area (Å²) in [5.41, 5.74) is 3.36. The number of benzene rings is 2. The Morgan fingerprint density at radius 3 is 2.60 bits per heavy atom. The molecule has 0 saturated carbocycles. The van der Waals surface area contributed by atoms with Gasteiger partial charge in [-0.3, -0.25) is 0 Å². The van der Waals surface area contributed by atoms with Crippen molar-refractivity contribution in [2.75, 3.05) is 7.11 Å². The van der Waals surface area contributed by atoms with Gasteiger partial charge in [0.25, 0.3) is 0 Å². The lowest BCUT2D eigenvalue weighted by molar-refractivity contribution is 0.300. The van der Waals surface area contributed by atoms with Crippen molar-refractivity contribution in [1.82, 2.24) is 0 Å². The minimum Gasteiger partial charge on any atom is -0.497 e. The molecule has 0 atom stereocenters. The number of para-hydroxylation sites is 1. The molecular weight excluding hydrogens is 384 g/mol. The van der Waals surface area contributed by atoms with Crippen LogP contribution < -0.4 is 9.47 Å². The van der Waals surface area contributed by atoms with Crippen LogP contribution in [-0.2, 0) is 11.9 Å². The van der Waals surface area contributed by atoms with E-state index in [-0.39, 0.29) is 0 Å². The van der Waals surface area contributed by atoms with E-state index in [0.29, 0.717) is 6.61 Å². The highest BCUT2D eigenvalue weighted by Crippen LogP contribution is 2.28. The van der Waals surface area contributed by atoms with Crippen LogP contribution in [0.5, 0.6) is 11.5 Å². The first-order valence-electron chi connectivity index (χ1n) is 6.25. The minimum atomic E-state index is 0.503. The van der Waals surface area contributed by atoms with E-state index in [2.05, 4.69) is 50.9 Å². The lowest BCUT2D eigenvalue weighted by atomic mass is 10.1. The number of aryl methyl sites for hydroxylation is 1. The standard InChI is InChI=1S/C16H16Br2O2/c1-11-4-3-5-12(9-17)16(11)20-10-13-8-14(19-2)6-7-15(13)18/h3-8H,9-10H2,1-2H3. The predicted molar refractivity (Wildman–Crippen MR) is 88.8 cm³/mol. The van der Waals surface area contributed by atoms with Crippen molar-refractivity contribution in [2.24, 2.45) is 0 Å². The van der Waals surface area contributed by atoms with Gasteiger partial charge in [0.1, 0.15) is 18.1 Å². The Hall–Kier alpha value is -1.00. The molecule has 0 N–H and O–H groups in total.